The Labute approximate surface area is 171 Å². The zero-order valence-electron chi connectivity index (χ0n) is 16.9. The zero-order chi connectivity index (χ0) is 22.5. The predicted molar refractivity (Wildman–Crippen MR) is 104 cm³/mol. The Morgan fingerprint density at radius 3 is 2.50 bits per heavy atom. The van der Waals surface area contributed by atoms with Gasteiger partial charge in [0.2, 0.25) is 5.91 Å². The second-order valence-corrected chi connectivity index (χ2v) is 6.57. The minimum absolute atomic E-state index is 0.0709. The fourth-order valence-electron chi connectivity index (χ4n) is 2.66. The van der Waals surface area contributed by atoms with Crippen LogP contribution in [0.1, 0.15) is 41.5 Å². The van der Waals surface area contributed by atoms with Crippen LogP contribution in [-0.2, 0) is 4.79 Å². The molecule has 1 aromatic carbocycles. The van der Waals surface area contributed by atoms with Crippen LogP contribution in [0.3, 0.4) is 0 Å². The van der Waals surface area contributed by atoms with Gasteiger partial charge in [0.05, 0.1) is 18.7 Å². The number of benzene rings is 1. The number of ether oxygens (including phenoxy) is 2. The van der Waals surface area contributed by atoms with Crippen LogP contribution in [-0.4, -0.2) is 36.7 Å². The molecule has 0 fully saturated rings. The van der Waals surface area contributed by atoms with E-state index in [9.17, 15) is 22.8 Å². The Kier molecular flexibility index (Phi) is 7.25. The highest BCUT2D eigenvalue weighted by Gasteiger charge is 2.28. The number of rotatable bonds is 7. The molecule has 2 aromatic rings. The summed E-state index contributed by atoms with van der Waals surface area (Å²) in [4.78, 5) is 28.2. The number of nitrogens with one attached hydrogen (secondary N) is 2. The van der Waals surface area contributed by atoms with Gasteiger partial charge >= 0.3 is 6.18 Å². The number of aromatic nitrogens is 1. The first-order valence-electron chi connectivity index (χ1n) is 8.93. The number of nitrogens with zero attached hydrogens (tertiary/aromatic N) is 1. The van der Waals surface area contributed by atoms with Gasteiger partial charge in [0.15, 0.2) is 6.61 Å². The smallest absolute Gasteiger partial charge is 0.422 e. The van der Waals surface area contributed by atoms with Gasteiger partial charge in [0.25, 0.3) is 5.91 Å². The number of amides is 2. The summed E-state index contributed by atoms with van der Waals surface area (Å²) in [5.41, 5.74) is 1.50. The van der Waals surface area contributed by atoms with Crippen molar-refractivity contribution in [3.63, 3.8) is 0 Å². The molecule has 0 spiro atoms. The molecule has 162 valence electrons. The van der Waals surface area contributed by atoms with E-state index in [0.29, 0.717) is 17.1 Å². The van der Waals surface area contributed by atoms with E-state index in [0.717, 1.165) is 0 Å². The van der Waals surface area contributed by atoms with Crippen LogP contribution in [0.15, 0.2) is 30.3 Å². The number of pyridine rings is 1. The average molecular weight is 425 g/mol. The summed E-state index contributed by atoms with van der Waals surface area (Å²) in [5, 5.41) is 5.39. The standard InChI is InChI=1S/C20H22F3N3O4/c1-11-7-14(8-18(24-11)26-13(3)27)12(2)25-19(28)16-6-5-15(9-17(16)29-4)30-10-20(21,22)23/h5-9,12H,10H2,1-4H3,(H,25,28)(H,24,26,27). The summed E-state index contributed by atoms with van der Waals surface area (Å²) in [5.74, 6) is -0.393. The van der Waals surface area contributed by atoms with Crippen LogP contribution in [0.4, 0.5) is 19.0 Å². The fraction of sp³-hybridized carbons (Fsp3) is 0.350. The molecule has 0 aliphatic carbocycles. The van der Waals surface area contributed by atoms with Gasteiger partial charge in [-0.25, -0.2) is 4.98 Å². The second kappa shape index (κ2) is 9.47. The number of alkyl halides is 3. The highest BCUT2D eigenvalue weighted by molar-refractivity contribution is 5.97. The fourth-order valence-corrected chi connectivity index (χ4v) is 2.66. The van der Waals surface area contributed by atoms with Crippen molar-refractivity contribution in [3.8, 4) is 11.5 Å². The number of carbonyl (C=O) groups is 2. The van der Waals surface area contributed by atoms with E-state index >= 15 is 0 Å². The van der Waals surface area contributed by atoms with E-state index in [2.05, 4.69) is 20.4 Å². The molecule has 1 unspecified atom stereocenters. The van der Waals surface area contributed by atoms with E-state index in [-0.39, 0.29) is 23.0 Å². The summed E-state index contributed by atoms with van der Waals surface area (Å²) >= 11 is 0. The van der Waals surface area contributed by atoms with Crippen molar-refractivity contribution in [2.75, 3.05) is 19.0 Å². The van der Waals surface area contributed by atoms with Gasteiger partial charge < -0.3 is 20.1 Å². The molecule has 0 bridgehead atoms. The molecular weight excluding hydrogens is 403 g/mol. The molecule has 0 radical (unpaired) electrons. The van der Waals surface area contributed by atoms with Crippen LogP contribution >= 0.6 is 0 Å². The maximum absolute atomic E-state index is 12.7. The molecule has 2 N–H and O–H groups in total. The highest BCUT2D eigenvalue weighted by atomic mass is 19.4. The number of halogens is 3. The number of aryl methyl sites for hydroxylation is 1. The van der Waals surface area contributed by atoms with Crippen LogP contribution in [0, 0.1) is 6.92 Å². The van der Waals surface area contributed by atoms with E-state index in [1.807, 2.05) is 0 Å². The lowest BCUT2D eigenvalue weighted by molar-refractivity contribution is -0.153. The predicted octanol–water partition coefficient (Wildman–Crippen LogP) is 3.79. The monoisotopic (exact) mass is 425 g/mol. The van der Waals surface area contributed by atoms with Crippen molar-refractivity contribution in [2.45, 2.75) is 33.0 Å². The number of methoxy groups -OCH3 is 1. The Morgan fingerprint density at radius 1 is 1.20 bits per heavy atom. The maximum Gasteiger partial charge on any atom is 0.422 e. The lowest BCUT2D eigenvalue weighted by Gasteiger charge is -2.18. The Bertz CT molecular complexity index is 932. The molecule has 1 aromatic heterocycles. The van der Waals surface area contributed by atoms with E-state index < -0.39 is 24.7 Å². The Hall–Kier alpha value is -3.30. The maximum atomic E-state index is 12.7. The van der Waals surface area contributed by atoms with Crippen LogP contribution in [0.25, 0.3) is 0 Å². The van der Waals surface area contributed by atoms with Gasteiger partial charge in [-0.1, -0.05) is 0 Å². The van der Waals surface area contributed by atoms with Gasteiger partial charge in [-0.3, -0.25) is 9.59 Å². The number of carbonyl (C=O) groups excluding carboxylic acids is 2. The van der Waals surface area contributed by atoms with Gasteiger partial charge in [-0.2, -0.15) is 13.2 Å². The van der Waals surface area contributed by atoms with Gasteiger partial charge in [-0.15, -0.1) is 0 Å². The molecule has 0 aliphatic heterocycles. The van der Waals surface area contributed by atoms with Crippen molar-refractivity contribution >= 4 is 17.6 Å². The molecular formula is C20H22F3N3O4. The zero-order valence-corrected chi connectivity index (χ0v) is 16.9. The molecule has 0 aliphatic rings. The first-order chi connectivity index (χ1) is 14.0. The van der Waals surface area contributed by atoms with Crippen molar-refractivity contribution in [1.29, 1.82) is 0 Å². The first kappa shape index (κ1) is 23.0. The first-order valence-corrected chi connectivity index (χ1v) is 8.93. The quantitative estimate of drug-likeness (QED) is 0.705. The van der Waals surface area contributed by atoms with Gasteiger partial charge in [0.1, 0.15) is 17.3 Å². The van der Waals surface area contributed by atoms with Crippen LogP contribution in [0.2, 0.25) is 0 Å². The van der Waals surface area contributed by atoms with E-state index in [1.165, 1.54) is 32.2 Å². The lowest BCUT2D eigenvalue weighted by Crippen LogP contribution is -2.27. The van der Waals surface area contributed by atoms with Crippen LogP contribution in [0.5, 0.6) is 11.5 Å². The topological polar surface area (TPSA) is 89.6 Å². The molecule has 10 heteroatoms. The number of hydrogen-bond donors (Lipinski definition) is 2. The molecule has 2 rings (SSSR count). The number of anilines is 1. The summed E-state index contributed by atoms with van der Waals surface area (Å²) in [6.07, 6.45) is -4.47. The Balaban J connectivity index is 2.17. The molecule has 30 heavy (non-hydrogen) atoms. The molecule has 1 heterocycles. The summed E-state index contributed by atoms with van der Waals surface area (Å²) in [6.45, 7) is 3.42. The van der Waals surface area contributed by atoms with Gasteiger partial charge in [-0.05, 0) is 43.7 Å². The molecule has 1 atom stereocenters. The summed E-state index contributed by atoms with van der Waals surface area (Å²) in [7, 11) is 1.30. The number of hydrogen-bond acceptors (Lipinski definition) is 5. The molecule has 2 amide bonds. The molecule has 7 nitrogen and oxygen atoms in total. The van der Waals surface area contributed by atoms with E-state index in [4.69, 9.17) is 4.74 Å². The minimum atomic E-state index is -4.47. The third kappa shape index (κ3) is 6.64. The van der Waals surface area contributed by atoms with Crippen molar-refractivity contribution in [1.82, 2.24) is 10.3 Å². The minimum Gasteiger partial charge on any atom is -0.496 e. The van der Waals surface area contributed by atoms with Crippen LogP contribution < -0.4 is 20.1 Å². The largest absolute Gasteiger partial charge is 0.496 e. The third-order valence-electron chi connectivity index (χ3n) is 3.95. The highest BCUT2D eigenvalue weighted by Crippen LogP contribution is 2.27. The lowest BCUT2D eigenvalue weighted by atomic mass is 10.1. The van der Waals surface area contributed by atoms with Gasteiger partial charge in [0, 0.05) is 18.7 Å². The molecule has 0 saturated carbocycles. The summed E-state index contributed by atoms with van der Waals surface area (Å²) < 4.78 is 46.8. The van der Waals surface area contributed by atoms with Crippen molar-refractivity contribution in [3.05, 3.63) is 47.2 Å². The second-order valence-electron chi connectivity index (χ2n) is 6.57. The summed E-state index contributed by atoms with van der Waals surface area (Å²) in [6, 6.07) is 6.77. The molecule has 0 saturated heterocycles. The third-order valence-corrected chi connectivity index (χ3v) is 3.95. The normalized spacial score (nSPS) is 12.1. The Morgan fingerprint density at radius 2 is 1.90 bits per heavy atom. The van der Waals surface area contributed by atoms with Crippen molar-refractivity contribution in [2.24, 2.45) is 0 Å². The van der Waals surface area contributed by atoms with E-state index in [1.54, 1.807) is 26.0 Å². The SMILES string of the molecule is COc1cc(OCC(F)(F)F)ccc1C(=O)NC(C)c1cc(C)nc(NC(C)=O)c1. The van der Waals surface area contributed by atoms with Crippen molar-refractivity contribution < 1.29 is 32.2 Å². The average Bonchev–Trinajstić information content (AvgIpc) is 2.64.